The normalized spacial score (nSPS) is 21.0. The lowest BCUT2D eigenvalue weighted by atomic mass is 10.1. The molecule has 5 nitrogen and oxygen atoms in total. The smallest absolute Gasteiger partial charge is 0.308 e. The summed E-state index contributed by atoms with van der Waals surface area (Å²) < 4.78 is 0. The Labute approximate surface area is 89.7 Å². The second-order valence-electron chi connectivity index (χ2n) is 4.22. The molecule has 1 N–H and O–H groups in total. The topological polar surface area (TPSA) is 60.9 Å². The quantitative estimate of drug-likeness (QED) is 0.708. The fourth-order valence-corrected chi connectivity index (χ4v) is 1.67. The summed E-state index contributed by atoms with van der Waals surface area (Å²) in [4.78, 5) is 25.9. The monoisotopic (exact) mass is 214 g/mol. The van der Waals surface area contributed by atoms with Gasteiger partial charge >= 0.3 is 5.97 Å². The van der Waals surface area contributed by atoms with Gasteiger partial charge in [-0.25, -0.2) is 0 Å². The summed E-state index contributed by atoms with van der Waals surface area (Å²) in [6.07, 6.45) is 1.06. The van der Waals surface area contributed by atoms with Gasteiger partial charge in [0.05, 0.1) is 5.92 Å². The van der Waals surface area contributed by atoms with Gasteiger partial charge in [-0.15, -0.1) is 0 Å². The average Bonchev–Trinajstić information content (AvgIpc) is 2.62. The highest BCUT2D eigenvalue weighted by Crippen LogP contribution is 2.16. The van der Waals surface area contributed by atoms with Crippen LogP contribution >= 0.6 is 0 Å². The van der Waals surface area contributed by atoms with Crippen molar-refractivity contribution >= 4 is 11.9 Å². The number of carbonyl (C=O) groups excluding carboxylic acids is 1. The molecule has 1 saturated heterocycles. The van der Waals surface area contributed by atoms with Crippen molar-refractivity contribution in [3.63, 3.8) is 0 Å². The van der Waals surface area contributed by atoms with E-state index in [1.165, 1.54) is 0 Å². The number of hydrogen-bond acceptors (Lipinski definition) is 3. The number of carboxylic acid groups (broad SMARTS) is 1. The summed E-state index contributed by atoms with van der Waals surface area (Å²) in [6.45, 7) is 1.68. The summed E-state index contributed by atoms with van der Waals surface area (Å²) in [6, 6.07) is 0. The first-order valence-electron chi connectivity index (χ1n) is 5.16. The Morgan fingerprint density at radius 1 is 1.47 bits per heavy atom. The van der Waals surface area contributed by atoms with Gasteiger partial charge in [0.25, 0.3) is 0 Å². The molecular formula is C10H18N2O3. The molecule has 0 saturated carbocycles. The molecule has 0 spiro atoms. The number of carbonyl (C=O) groups is 2. The van der Waals surface area contributed by atoms with E-state index in [1.807, 2.05) is 19.0 Å². The molecule has 1 fully saturated rings. The van der Waals surface area contributed by atoms with Crippen molar-refractivity contribution in [2.45, 2.75) is 12.8 Å². The van der Waals surface area contributed by atoms with E-state index < -0.39 is 5.97 Å². The zero-order valence-electron chi connectivity index (χ0n) is 9.27. The highest BCUT2D eigenvalue weighted by Gasteiger charge is 2.30. The summed E-state index contributed by atoms with van der Waals surface area (Å²) in [7, 11) is 3.83. The van der Waals surface area contributed by atoms with Gasteiger partial charge in [-0.05, 0) is 20.5 Å². The predicted molar refractivity (Wildman–Crippen MR) is 55.5 cm³/mol. The maximum absolute atomic E-state index is 11.6. The summed E-state index contributed by atoms with van der Waals surface area (Å²) in [5.74, 6) is -1.10. The first kappa shape index (κ1) is 12.0. The van der Waals surface area contributed by atoms with Crippen LogP contribution in [0.5, 0.6) is 0 Å². The number of nitrogens with zero attached hydrogens (tertiary/aromatic N) is 2. The molecule has 15 heavy (non-hydrogen) atoms. The van der Waals surface area contributed by atoms with Crippen molar-refractivity contribution in [1.29, 1.82) is 0 Å². The van der Waals surface area contributed by atoms with E-state index in [-0.39, 0.29) is 11.8 Å². The highest BCUT2D eigenvalue weighted by molar-refractivity contribution is 5.78. The molecule has 0 aromatic rings. The number of likely N-dealkylation sites (tertiary alicyclic amines) is 1. The Morgan fingerprint density at radius 3 is 2.60 bits per heavy atom. The van der Waals surface area contributed by atoms with E-state index in [0.29, 0.717) is 32.5 Å². The Kier molecular flexibility index (Phi) is 4.08. The second-order valence-corrected chi connectivity index (χ2v) is 4.22. The Bertz CT molecular complexity index is 253. The fourth-order valence-electron chi connectivity index (χ4n) is 1.67. The second kappa shape index (κ2) is 5.11. The molecule has 1 heterocycles. The fraction of sp³-hybridized carbons (Fsp3) is 0.800. The van der Waals surface area contributed by atoms with Gasteiger partial charge in [0, 0.05) is 26.1 Å². The van der Waals surface area contributed by atoms with Crippen molar-refractivity contribution < 1.29 is 14.7 Å². The molecule has 0 radical (unpaired) electrons. The number of aliphatic carboxylic acids is 1. The minimum atomic E-state index is -0.794. The van der Waals surface area contributed by atoms with Gasteiger partial charge in [0.15, 0.2) is 0 Å². The van der Waals surface area contributed by atoms with Crippen LogP contribution in [0, 0.1) is 5.92 Å². The number of hydrogen-bond donors (Lipinski definition) is 1. The van der Waals surface area contributed by atoms with Crippen LogP contribution in [0.25, 0.3) is 0 Å². The van der Waals surface area contributed by atoms with Crippen LogP contribution in [0.2, 0.25) is 0 Å². The molecule has 1 aliphatic heterocycles. The van der Waals surface area contributed by atoms with Crippen molar-refractivity contribution in [1.82, 2.24) is 9.80 Å². The van der Waals surface area contributed by atoms with Crippen LogP contribution in [0.4, 0.5) is 0 Å². The summed E-state index contributed by atoms with van der Waals surface area (Å²) in [5.41, 5.74) is 0. The van der Waals surface area contributed by atoms with E-state index in [4.69, 9.17) is 5.11 Å². The van der Waals surface area contributed by atoms with Crippen LogP contribution < -0.4 is 0 Å². The molecule has 1 atom stereocenters. The third-order valence-corrected chi connectivity index (χ3v) is 2.66. The first-order valence-corrected chi connectivity index (χ1v) is 5.16. The van der Waals surface area contributed by atoms with Crippen molar-refractivity contribution in [2.75, 3.05) is 33.7 Å². The van der Waals surface area contributed by atoms with Gasteiger partial charge < -0.3 is 14.9 Å². The minimum absolute atomic E-state index is 0.0625. The molecule has 0 aromatic heterocycles. The molecule has 5 heteroatoms. The molecule has 0 aromatic carbocycles. The van der Waals surface area contributed by atoms with Gasteiger partial charge in [0.2, 0.25) is 5.91 Å². The van der Waals surface area contributed by atoms with Crippen molar-refractivity contribution in [2.24, 2.45) is 5.92 Å². The van der Waals surface area contributed by atoms with E-state index in [0.717, 1.165) is 0 Å². The summed E-state index contributed by atoms with van der Waals surface area (Å²) >= 11 is 0. The molecule has 1 amide bonds. The van der Waals surface area contributed by atoms with Crippen molar-refractivity contribution in [3.8, 4) is 0 Å². The Morgan fingerprint density at radius 2 is 2.13 bits per heavy atom. The molecule has 0 bridgehead atoms. The van der Waals surface area contributed by atoms with Crippen molar-refractivity contribution in [3.05, 3.63) is 0 Å². The van der Waals surface area contributed by atoms with Crippen LogP contribution in [0.15, 0.2) is 0 Å². The molecule has 1 rings (SSSR count). The maximum Gasteiger partial charge on any atom is 0.308 e. The lowest BCUT2D eigenvalue weighted by molar-refractivity contribution is -0.141. The maximum atomic E-state index is 11.6. The van der Waals surface area contributed by atoms with Gasteiger partial charge in [-0.1, -0.05) is 0 Å². The van der Waals surface area contributed by atoms with E-state index in [2.05, 4.69) is 0 Å². The SMILES string of the molecule is CN(C)CCC(=O)N1CCC(C(=O)O)C1. The number of rotatable bonds is 4. The minimum Gasteiger partial charge on any atom is -0.481 e. The van der Waals surface area contributed by atoms with E-state index in [9.17, 15) is 9.59 Å². The molecule has 0 aliphatic carbocycles. The Balaban J connectivity index is 2.33. The van der Waals surface area contributed by atoms with Crippen LogP contribution in [-0.2, 0) is 9.59 Å². The van der Waals surface area contributed by atoms with Crippen LogP contribution in [0.3, 0.4) is 0 Å². The summed E-state index contributed by atoms with van der Waals surface area (Å²) in [5, 5.41) is 8.78. The zero-order valence-corrected chi connectivity index (χ0v) is 9.27. The lowest BCUT2D eigenvalue weighted by Crippen LogP contribution is -2.32. The Hall–Kier alpha value is -1.10. The van der Waals surface area contributed by atoms with Gasteiger partial charge in [-0.2, -0.15) is 0 Å². The van der Waals surface area contributed by atoms with Crippen LogP contribution in [-0.4, -0.2) is 60.5 Å². The van der Waals surface area contributed by atoms with Gasteiger partial charge in [-0.3, -0.25) is 9.59 Å². The predicted octanol–water partition coefficient (Wildman–Crippen LogP) is -0.129. The number of amides is 1. The van der Waals surface area contributed by atoms with Gasteiger partial charge in [0.1, 0.15) is 0 Å². The standard InChI is InChI=1S/C10H18N2O3/c1-11(2)5-4-9(13)12-6-3-8(7-12)10(14)15/h8H,3-7H2,1-2H3,(H,14,15). The zero-order chi connectivity index (χ0) is 11.4. The molecular weight excluding hydrogens is 196 g/mol. The van der Waals surface area contributed by atoms with E-state index in [1.54, 1.807) is 4.90 Å². The number of carboxylic acids is 1. The first-order chi connectivity index (χ1) is 7.00. The third-order valence-electron chi connectivity index (χ3n) is 2.66. The van der Waals surface area contributed by atoms with E-state index >= 15 is 0 Å². The largest absolute Gasteiger partial charge is 0.481 e. The molecule has 1 unspecified atom stereocenters. The third kappa shape index (κ3) is 3.51. The van der Waals surface area contributed by atoms with Crippen LogP contribution in [0.1, 0.15) is 12.8 Å². The highest BCUT2D eigenvalue weighted by atomic mass is 16.4. The molecule has 86 valence electrons. The average molecular weight is 214 g/mol. The lowest BCUT2D eigenvalue weighted by Gasteiger charge is -2.17. The molecule has 1 aliphatic rings.